The molecule has 10 nitrogen and oxygen atoms in total. The zero-order chi connectivity index (χ0) is 25.2. The molecule has 180 valence electrons. The molecule has 0 aliphatic heterocycles. The molecule has 0 radical (unpaired) electrons. The van der Waals surface area contributed by atoms with E-state index in [4.69, 9.17) is 4.74 Å². The summed E-state index contributed by atoms with van der Waals surface area (Å²) in [5.74, 6) is 1.49. The van der Waals surface area contributed by atoms with Gasteiger partial charge in [-0.1, -0.05) is 30.0 Å². The Morgan fingerprint density at radius 2 is 1.83 bits per heavy atom. The largest absolute Gasteiger partial charge is 0.495 e. The van der Waals surface area contributed by atoms with Crippen molar-refractivity contribution in [1.82, 2.24) is 24.1 Å². The number of nitro groups is 1. The van der Waals surface area contributed by atoms with Crippen LogP contribution < -0.4 is 10.3 Å². The number of non-ortho nitro benzene ring substituents is 1. The van der Waals surface area contributed by atoms with Crippen LogP contribution >= 0.6 is 11.8 Å². The third kappa shape index (κ3) is 4.43. The van der Waals surface area contributed by atoms with Gasteiger partial charge in [-0.05, 0) is 42.8 Å². The summed E-state index contributed by atoms with van der Waals surface area (Å²) in [7, 11) is 1.58. The number of rotatable bonds is 7. The molecule has 0 aliphatic carbocycles. The lowest BCUT2D eigenvalue weighted by molar-refractivity contribution is -0.384. The molecule has 0 unspecified atom stereocenters. The molecule has 0 aliphatic rings. The molecule has 0 amide bonds. The van der Waals surface area contributed by atoms with Crippen LogP contribution in [0.3, 0.4) is 0 Å². The number of thioether (sulfide) groups is 1. The van der Waals surface area contributed by atoms with Crippen LogP contribution in [0.2, 0.25) is 0 Å². The van der Waals surface area contributed by atoms with Crippen molar-refractivity contribution in [2.75, 3.05) is 7.11 Å². The van der Waals surface area contributed by atoms with E-state index in [0.29, 0.717) is 45.1 Å². The zero-order valence-electron chi connectivity index (χ0n) is 19.4. The second-order valence-electron chi connectivity index (χ2n) is 7.93. The Balaban J connectivity index is 1.55. The van der Waals surface area contributed by atoms with E-state index in [1.807, 2.05) is 47.9 Å². The molecule has 3 aromatic heterocycles. The van der Waals surface area contributed by atoms with Gasteiger partial charge >= 0.3 is 0 Å². The topological polar surface area (TPSA) is 117 Å². The van der Waals surface area contributed by atoms with Gasteiger partial charge in [-0.2, -0.15) is 0 Å². The summed E-state index contributed by atoms with van der Waals surface area (Å²) >= 11 is 1.37. The molecule has 5 aromatic rings. The van der Waals surface area contributed by atoms with Crippen molar-refractivity contribution in [2.24, 2.45) is 0 Å². The van der Waals surface area contributed by atoms with Crippen molar-refractivity contribution < 1.29 is 9.66 Å². The van der Waals surface area contributed by atoms with E-state index in [1.165, 1.54) is 34.4 Å². The lowest BCUT2D eigenvalue weighted by atomic mass is 10.2. The number of nitro benzene ring substituents is 1. The molecule has 2 aromatic carbocycles. The summed E-state index contributed by atoms with van der Waals surface area (Å²) in [6.07, 6.45) is 1.76. The summed E-state index contributed by atoms with van der Waals surface area (Å²) in [4.78, 5) is 27.9. The molecule has 0 bridgehead atoms. The van der Waals surface area contributed by atoms with Gasteiger partial charge in [-0.15, -0.1) is 10.2 Å². The lowest BCUT2D eigenvalue weighted by Gasteiger charge is -2.14. The summed E-state index contributed by atoms with van der Waals surface area (Å²) in [5.41, 5.74) is 3.35. The third-order valence-electron chi connectivity index (χ3n) is 5.51. The fourth-order valence-electron chi connectivity index (χ4n) is 3.78. The van der Waals surface area contributed by atoms with E-state index >= 15 is 0 Å². The summed E-state index contributed by atoms with van der Waals surface area (Å²) < 4.78 is 8.93. The smallest absolute Gasteiger partial charge is 0.269 e. The first kappa shape index (κ1) is 23.2. The van der Waals surface area contributed by atoms with Gasteiger partial charge in [0, 0.05) is 35.7 Å². The molecule has 0 spiro atoms. The lowest BCUT2D eigenvalue weighted by Crippen LogP contribution is -2.15. The number of methoxy groups -OCH3 is 1. The van der Waals surface area contributed by atoms with Gasteiger partial charge in [0.05, 0.1) is 23.4 Å². The van der Waals surface area contributed by atoms with Gasteiger partial charge in [0.15, 0.2) is 11.0 Å². The second-order valence-corrected chi connectivity index (χ2v) is 8.87. The highest BCUT2D eigenvalue weighted by Crippen LogP contribution is 2.33. The van der Waals surface area contributed by atoms with Crippen molar-refractivity contribution in [3.8, 4) is 22.8 Å². The SMILES string of the molecule is COc1ccccc1-n1c(SCc2cc(=O)n3cc(C)ccc3n2)nnc1-c1ccc([N+](=O)[O-])cc1. The highest BCUT2D eigenvalue weighted by molar-refractivity contribution is 7.98. The Bertz CT molecular complexity index is 1650. The third-order valence-corrected chi connectivity index (χ3v) is 6.47. The van der Waals surface area contributed by atoms with Crippen LogP contribution in [-0.4, -0.2) is 36.2 Å². The fraction of sp³-hybridized carbons (Fsp3) is 0.120. The average Bonchev–Trinajstić information content (AvgIpc) is 3.31. The number of ether oxygens (including phenoxy) is 1. The molecule has 0 saturated carbocycles. The highest BCUT2D eigenvalue weighted by Gasteiger charge is 2.20. The molecule has 0 N–H and O–H groups in total. The van der Waals surface area contributed by atoms with Gasteiger partial charge in [0.1, 0.15) is 11.4 Å². The molecule has 5 rings (SSSR count). The molecule has 0 saturated heterocycles. The number of aromatic nitrogens is 5. The van der Waals surface area contributed by atoms with E-state index in [0.717, 1.165) is 5.56 Å². The minimum atomic E-state index is -0.448. The van der Waals surface area contributed by atoms with Crippen molar-refractivity contribution >= 4 is 23.1 Å². The molecule has 11 heteroatoms. The molecule has 36 heavy (non-hydrogen) atoms. The predicted molar refractivity (Wildman–Crippen MR) is 136 cm³/mol. The van der Waals surface area contributed by atoms with Crippen LogP contribution in [0.4, 0.5) is 5.69 Å². The molecule has 3 heterocycles. The van der Waals surface area contributed by atoms with Crippen LogP contribution in [0.15, 0.2) is 82.9 Å². The average molecular weight is 501 g/mol. The minimum Gasteiger partial charge on any atom is -0.495 e. The van der Waals surface area contributed by atoms with E-state index in [2.05, 4.69) is 15.2 Å². The number of hydrogen-bond acceptors (Lipinski definition) is 8. The molecule has 0 atom stereocenters. The minimum absolute atomic E-state index is 0.0134. The van der Waals surface area contributed by atoms with Gasteiger partial charge in [0.2, 0.25) is 0 Å². The van der Waals surface area contributed by atoms with Crippen LogP contribution in [0.1, 0.15) is 11.3 Å². The highest BCUT2D eigenvalue weighted by atomic mass is 32.2. The van der Waals surface area contributed by atoms with Gasteiger partial charge < -0.3 is 4.74 Å². The van der Waals surface area contributed by atoms with Gasteiger partial charge in [-0.25, -0.2) is 4.98 Å². The Morgan fingerprint density at radius 1 is 1.06 bits per heavy atom. The Labute approximate surface area is 209 Å². The number of hydrogen-bond donors (Lipinski definition) is 0. The maximum Gasteiger partial charge on any atom is 0.269 e. The molecule has 0 fully saturated rings. The Morgan fingerprint density at radius 3 is 2.58 bits per heavy atom. The van der Waals surface area contributed by atoms with Crippen molar-refractivity contribution in [3.05, 3.63) is 105 Å². The van der Waals surface area contributed by atoms with E-state index < -0.39 is 4.92 Å². The fourth-order valence-corrected chi connectivity index (χ4v) is 4.62. The summed E-state index contributed by atoms with van der Waals surface area (Å²) in [6.45, 7) is 1.92. The quantitative estimate of drug-likeness (QED) is 0.183. The number of nitrogens with zero attached hydrogens (tertiary/aromatic N) is 6. The van der Waals surface area contributed by atoms with Crippen molar-refractivity contribution in [1.29, 1.82) is 0 Å². The van der Waals surface area contributed by atoms with Crippen LogP contribution in [0, 0.1) is 17.0 Å². The van der Waals surface area contributed by atoms with Crippen molar-refractivity contribution in [2.45, 2.75) is 17.8 Å². The predicted octanol–water partition coefficient (Wildman–Crippen LogP) is 4.46. The van der Waals surface area contributed by atoms with Crippen LogP contribution in [-0.2, 0) is 5.75 Å². The molecular weight excluding hydrogens is 480 g/mol. The first-order valence-corrected chi connectivity index (χ1v) is 11.9. The summed E-state index contributed by atoms with van der Waals surface area (Å²) in [5, 5.41) is 20.4. The first-order valence-electron chi connectivity index (χ1n) is 10.9. The number of para-hydroxylation sites is 2. The van der Waals surface area contributed by atoms with Crippen LogP contribution in [0.25, 0.3) is 22.7 Å². The monoisotopic (exact) mass is 500 g/mol. The van der Waals surface area contributed by atoms with E-state index in [9.17, 15) is 14.9 Å². The van der Waals surface area contributed by atoms with Crippen LogP contribution in [0.5, 0.6) is 5.75 Å². The first-order chi connectivity index (χ1) is 17.4. The normalized spacial score (nSPS) is 11.1. The maximum atomic E-state index is 12.6. The molecular formula is C25H20N6O4S. The zero-order valence-corrected chi connectivity index (χ0v) is 20.2. The summed E-state index contributed by atoms with van der Waals surface area (Å²) in [6, 6.07) is 18.8. The van der Waals surface area contributed by atoms with E-state index in [-0.39, 0.29) is 11.2 Å². The Hall–Kier alpha value is -4.51. The van der Waals surface area contributed by atoms with Gasteiger partial charge in [0.25, 0.3) is 11.2 Å². The number of aryl methyl sites for hydroxylation is 1. The standard InChI is InChI=1S/C25H20N6O4S/c1-16-7-12-22-26-18(13-23(32)29(22)14-16)15-36-25-28-27-24(17-8-10-19(11-9-17)31(33)34)30(25)20-5-3-4-6-21(20)35-2/h3-14H,15H2,1-2H3. The Kier molecular flexibility index (Phi) is 6.21. The number of pyridine rings is 1. The van der Waals surface area contributed by atoms with E-state index in [1.54, 1.807) is 25.4 Å². The maximum absolute atomic E-state index is 12.6. The number of benzene rings is 2. The second kappa shape index (κ2) is 9.62. The van der Waals surface area contributed by atoms with Crippen molar-refractivity contribution in [3.63, 3.8) is 0 Å². The number of fused-ring (bicyclic) bond motifs is 1. The van der Waals surface area contributed by atoms with Gasteiger partial charge in [-0.3, -0.25) is 23.9 Å².